The fourth-order valence-electron chi connectivity index (χ4n) is 2.62. The van der Waals surface area contributed by atoms with Crippen LogP contribution in [0, 0.1) is 0 Å². The molecule has 0 aliphatic carbocycles. The first-order valence-electron chi connectivity index (χ1n) is 8.46. The molecule has 1 fully saturated rings. The van der Waals surface area contributed by atoms with Crippen molar-refractivity contribution in [1.82, 2.24) is 9.29 Å². The Labute approximate surface area is 157 Å². The van der Waals surface area contributed by atoms with Crippen molar-refractivity contribution in [3.8, 4) is 5.75 Å². The molecule has 1 aromatic carbocycles. The first kappa shape index (κ1) is 19.3. The molecule has 1 saturated heterocycles. The smallest absolute Gasteiger partial charge is 0.355 e. The molecule has 144 valence electrons. The van der Waals surface area contributed by atoms with Gasteiger partial charge < -0.3 is 14.6 Å². The Kier molecular flexibility index (Phi) is 6.04. The highest BCUT2D eigenvalue weighted by Gasteiger charge is 2.39. The lowest BCUT2D eigenvalue weighted by molar-refractivity contribution is -0.0233. The number of ether oxygens (including phenoxy) is 2. The zero-order valence-electron chi connectivity index (χ0n) is 14.5. The summed E-state index contributed by atoms with van der Waals surface area (Å²) in [5.41, 5.74) is -0.472. The molecule has 0 unspecified atom stereocenters. The third kappa shape index (κ3) is 4.62. The summed E-state index contributed by atoms with van der Waals surface area (Å²) < 4.78 is 37.5. The summed E-state index contributed by atoms with van der Waals surface area (Å²) >= 11 is 0. The number of carboxylic acid groups (broad SMARTS) is 1. The van der Waals surface area contributed by atoms with E-state index < -0.39 is 21.7 Å². The van der Waals surface area contributed by atoms with E-state index in [9.17, 15) is 13.2 Å². The molecule has 1 N–H and O–H groups in total. The highest BCUT2D eigenvalue weighted by molar-refractivity contribution is 7.89. The molecular formula is C18H20N2O6S. The average Bonchev–Trinajstić information content (AvgIpc) is 2.63. The van der Waals surface area contributed by atoms with E-state index in [4.69, 9.17) is 14.6 Å². The van der Waals surface area contributed by atoms with Crippen molar-refractivity contribution < 1.29 is 27.8 Å². The quantitative estimate of drug-likeness (QED) is 0.647. The molecular weight excluding hydrogens is 372 g/mol. The molecule has 0 radical (unpaired) electrons. The zero-order valence-corrected chi connectivity index (χ0v) is 15.3. The second kappa shape index (κ2) is 8.47. The van der Waals surface area contributed by atoms with Crippen molar-refractivity contribution in [2.24, 2.45) is 0 Å². The average molecular weight is 392 g/mol. The van der Waals surface area contributed by atoms with E-state index in [1.54, 1.807) is 0 Å². The molecule has 0 atom stereocenters. The van der Waals surface area contributed by atoms with Gasteiger partial charge in [-0.15, -0.1) is 0 Å². The van der Waals surface area contributed by atoms with Crippen LogP contribution in [-0.2, 0) is 14.8 Å². The Balaban J connectivity index is 1.43. The third-order valence-electron chi connectivity index (χ3n) is 4.06. The Morgan fingerprint density at radius 1 is 1.15 bits per heavy atom. The van der Waals surface area contributed by atoms with Crippen molar-refractivity contribution in [3.05, 3.63) is 54.4 Å². The molecule has 0 saturated carbocycles. The Morgan fingerprint density at radius 2 is 1.89 bits per heavy atom. The van der Waals surface area contributed by atoms with Crippen LogP contribution in [0.25, 0.3) is 0 Å². The molecule has 1 aliphatic rings. The zero-order chi connectivity index (χ0) is 19.3. The van der Waals surface area contributed by atoms with Crippen LogP contribution >= 0.6 is 0 Å². The molecule has 1 aromatic heterocycles. The molecule has 0 amide bonds. The lowest BCUT2D eigenvalue weighted by Crippen LogP contribution is -2.54. The molecule has 1 aliphatic heterocycles. The van der Waals surface area contributed by atoms with Gasteiger partial charge in [-0.25, -0.2) is 18.2 Å². The van der Waals surface area contributed by atoms with Gasteiger partial charge in [0.15, 0.2) is 5.69 Å². The van der Waals surface area contributed by atoms with E-state index in [0.29, 0.717) is 19.6 Å². The van der Waals surface area contributed by atoms with Gasteiger partial charge in [0.1, 0.15) is 10.6 Å². The van der Waals surface area contributed by atoms with E-state index in [-0.39, 0.29) is 24.1 Å². The Bertz CT molecular complexity index is 882. The maximum Gasteiger partial charge on any atom is 0.355 e. The van der Waals surface area contributed by atoms with Crippen LogP contribution in [0.15, 0.2) is 53.6 Å². The van der Waals surface area contributed by atoms with E-state index >= 15 is 0 Å². The summed E-state index contributed by atoms with van der Waals surface area (Å²) in [5.74, 6) is -0.579. The van der Waals surface area contributed by atoms with Gasteiger partial charge in [0, 0.05) is 25.7 Å². The van der Waals surface area contributed by atoms with E-state index in [2.05, 4.69) is 4.98 Å². The summed E-state index contributed by atoms with van der Waals surface area (Å²) in [6, 6.07) is 12.1. The number of hydrogen-bond donors (Lipinski definition) is 1. The summed E-state index contributed by atoms with van der Waals surface area (Å²) in [6.45, 7) is 1.35. The number of carbonyl (C=O) groups is 1. The predicted octanol–water partition coefficient (Wildman–Crippen LogP) is 1.64. The van der Waals surface area contributed by atoms with Gasteiger partial charge in [0.25, 0.3) is 0 Å². The van der Waals surface area contributed by atoms with Crippen LogP contribution < -0.4 is 4.74 Å². The van der Waals surface area contributed by atoms with Gasteiger partial charge in [0.05, 0.1) is 19.3 Å². The predicted molar refractivity (Wildman–Crippen MR) is 96.2 cm³/mol. The molecule has 8 nitrogen and oxygen atoms in total. The number of aromatic nitrogens is 1. The number of benzene rings is 1. The molecule has 0 spiro atoms. The highest BCUT2D eigenvalue weighted by atomic mass is 32.2. The standard InChI is InChI=1S/C18H20N2O6S/c21-18(22)17-16(8-4-9-19-17)27(23,24)20-12-15(13-20)26-11-5-10-25-14-6-2-1-3-7-14/h1-4,6-9,15H,5,10-13H2,(H,21,22). The molecule has 3 rings (SSSR count). The Morgan fingerprint density at radius 3 is 2.59 bits per heavy atom. The highest BCUT2D eigenvalue weighted by Crippen LogP contribution is 2.25. The lowest BCUT2D eigenvalue weighted by atomic mass is 10.2. The maximum absolute atomic E-state index is 12.6. The lowest BCUT2D eigenvalue weighted by Gasteiger charge is -2.37. The van der Waals surface area contributed by atoms with E-state index in [0.717, 1.165) is 5.75 Å². The topological polar surface area (TPSA) is 106 Å². The first-order chi connectivity index (χ1) is 13.0. The van der Waals surface area contributed by atoms with Crippen molar-refractivity contribution in [1.29, 1.82) is 0 Å². The van der Waals surface area contributed by atoms with E-state index in [1.807, 2.05) is 30.3 Å². The minimum atomic E-state index is -3.90. The second-order valence-corrected chi connectivity index (χ2v) is 7.89. The summed E-state index contributed by atoms with van der Waals surface area (Å²) in [7, 11) is -3.90. The van der Waals surface area contributed by atoms with Crippen molar-refractivity contribution in [2.75, 3.05) is 26.3 Å². The number of aromatic carboxylic acids is 1. The van der Waals surface area contributed by atoms with Gasteiger partial charge in [-0.05, 0) is 24.3 Å². The monoisotopic (exact) mass is 392 g/mol. The minimum absolute atomic E-state index is 0.190. The van der Waals surface area contributed by atoms with Crippen molar-refractivity contribution in [3.63, 3.8) is 0 Å². The molecule has 27 heavy (non-hydrogen) atoms. The van der Waals surface area contributed by atoms with Crippen LogP contribution in [0.1, 0.15) is 16.9 Å². The largest absolute Gasteiger partial charge is 0.494 e. The maximum atomic E-state index is 12.6. The van der Waals surface area contributed by atoms with Crippen molar-refractivity contribution >= 4 is 16.0 Å². The minimum Gasteiger partial charge on any atom is -0.494 e. The van der Waals surface area contributed by atoms with E-state index in [1.165, 1.54) is 22.6 Å². The number of rotatable bonds is 9. The number of para-hydroxylation sites is 1. The Hall–Kier alpha value is -2.49. The van der Waals surface area contributed by atoms with Gasteiger partial charge in [0.2, 0.25) is 10.0 Å². The van der Waals surface area contributed by atoms with Gasteiger partial charge in [-0.1, -0.05) is 18.2 Å². The van der Waals surface area contributed by atoms with Crippen LogP contribution in [0.2, 0.25) is 0 Å². The normalized spacial score (nSPS) is 15.3. The molecule has 2 aromatic rings. The number of carboxylic acids is 1. The number of sulfonamides is 1. The molecule has 2 heterocycles. The SMILES string of the molecule is O=C(O)c1ncccc1S(=O)(=O)N1CC(OCCCOc2ccccc2)C1. The van der Waals surface area contributed by atoms with Crippen LogP contribution in [0.5, 0.6) is 5.75 Å². The summed E-state index contributed by atoms with van der Waals surface area (Å²) in [5, 5.41) is 9.12. The molecule has 0 bridgehead atoms. The summed E-state index contributed by atoms with van der Waals surface area (Å²) in [4.78, 5) is 14.5. The number of hydrogen-bond acceptors (Lipinski definition) is 6. The van der Waals surface area contributed by atoms with Crippen LogP contribution in [0.3, 0.4) is 0 Å². The second-order valence-electron chi connectivity index (χ2n) is 5.99. The fraction of sp³-hybridized carbons (Fsp3) is 0.333. The first-order valence-corrected chi connectivity index (χ1v) is 9.90. The number of nitrogens with zero attached hydrogens (tertiary/aromatic N) is 2. The third-order valence-corrected chi connectivity index (χ3v) is 5.92. The fourth-order valence-corrected chi connectivity index (χ4v) is 4.25. The number of pyridine rings is 1. The molecule has 9 heteroatoms. The van der Waals surface area contributed by atoms with Gasteiger partial charge in [-0.3, -0.25) is 0 Å². The van der Waals surface area contributed by atoms with Gasteiger partial charge >= 0.3 is 5.97 Å². The summed E-state index contributed by atoms with van der Waals surface area (Å²) in [6.07, 6.45) is 1.73. The van der Waals surface area contributed by atoms with Crippen molar-refractivity contribution in [2.45, 2.75) is 17.4 Å². The van der Waals surface area contributed by atoms with Gasteiger partial charge in [-0.2, -0.15) is 4.31 Å². The van der Waals surface area contributed by atoms with Crippen LogP contribution in [0.4, 0.5) is 0 Å². The van der Waals surface area contributed by atoms with Crippen LogP contribution in [-0.4, -0.2) is 61.2 Å².